The maximum absolute atomic E-state index is 12.4. The first-order valence-electron chi connectivity index (χ1n) is 6.45. The molecule has 2 aromatic rings. The van der Waals surface area contributed by atoms with Gasteiger partial charge in [0.05, 0.1) is 21.1 Å². The summed E-state index contributed by atoms with van der Waals surface area (Å²) in [4.78, 5) is 12.4. The van der Waals surface area contributed by atoms with E-state index in [2.05, 4.69) is 27.2 Å². The molecule has 0 saturated heterocycles. The van der Waals surface area contributed by atoms with Gasteiger partial charge in [0, 0.05) is 16.7 Å². The molecule has 3 heteroatoms. The van der Waals surface area contributed by atoms with Crippen LogP contribution >= 0.6 is 0 Å². The molecule has 0 atom stereocenters. The summed E-state index contributed by atoms with van der Waals surface area (Å²) in [6, 6.07) is 17.3. The Kier molecular flexibility index (Phi) is 5.49. The van der Waals surface area contributed by atoms with Crippen molar-refractivity contribution in [1.82, 2.24) is 0 Å². The number of quaternary nitrogens is 1. The highest BCUT2D eigenvalue weighted by Gasteiger charge is 2.12. The Labute approximate surface area is 127 Å². The highest BCUT2D eigenvalue weighted by molar-refractivity contribution is 6.09. The summed E-state index contributed by atoms with van der Waals surface area (Å²) < 4.78 is 0.850. The number of ketones is 1. The number of rotatable bonds is 4. The Morgan fingerprint density at radius 1 is 0.900 bits per heavy atom. The topological polar surface area (TPSA) is 17.1 Å². The van der Waals surface area contributed by atoms with Crippen LogP contribution in [0.2, 0.25) is 0 Å². The lowest BCUT2D eigenvalue weighted by Crippen LogP contribution is -3.00. The largest absolute Gasteiger partial charge is 1.00 e. The van der Waals surface area contributed by atoms with E-state index in [0.717, 1.165) is 22.2 Å². The van der Waals surface area contributed by atoms with E-state index in [1.165, 1.54) is 5.56 Å². The van der Waals surface area contributed by atoms with Crippen molar-refractivity contribution in [3.05, 3.63) is 71.3 Å². The molecule has 0 aliphatic rings. The third kappa shape index (κ3) is 4.48. The molecule has 0 unspecified atom stereocenters. The second-order valence-electron chi connectivity index (χ2n) is 5.84. The SMILES string of the molecule is C[N+](C)(C)Cc1cccc(C(=O)c2ccccc2)c1.[Cl-]. The van der Waals surface area contributed by atoms with Gasteiger partial charge >= 0.3 is 0 Å². The molecule has 0 spiro atoms. The smallest absolute Gasteiger partial charge is 0.193 e. The van der Waals surface area contributed by atoms with Gasteiger partial charge in [-0.05, 0) is 6.07 Å². The Morgan fingerprint density at radius 3 is 2.10 bits per heavy atom. The van der Waals surface area contributed by atoms with Crippen LogP contribution in [0.4, 0.5) is 0 Å². The summed E-state index contributed by atoms with van der Waals surface area (Å²) in [6.45, 7) is 0.913. The van der Waals surface area contributed by atoms with Crippen LogP contribution in [0.5, 0.6) is 0 Å². The molecule has 2 rings (SSSR count). The monoisotopic (exact) mass is 289 g/mol. The number of halogens is 1. The molecule has 0 bridgehead atoms. The van der Waals surface area contributed by atoms with Gasteiger partial charge in [0.15, 0.2) is 5.78 Å². The van der Waals surface area contributed by atoms with Gasteiger partial charge in [-0.2, -0.15) is 0 Å². The van der Waals surface area contributed by atoms with Crippen molar-refractivity contribution >= 4 is 5.78 Å². The van der Waals surface area contributed by atoms with Crippen LogP contribution in [0.15, 0.2) is 54.6 Å². The molecular weight excluding hydrogens is 270 g/mol. The lowest BCUT2D eigenvalue weighted by Gasteiger charge is -2.24. The molecule has 0 aliphatic heterocycles. The van der Waals surface area contributed by atoms with E-state index in [-0.39, 0.29) is 18.2 Å². The average molecular weight is 290 g/mol. The molecular formula is C17H20ClNO. The van der Waals surface area contributed by atoms with Crippen molar-refractivity contribution in [2.24, 2.45) is 0 Å². The standard InChI is InChI=1S/C17H20NO.ClH/c1-18(2,3)13-14-8-7-11-16(12-14)17(19)15-9-5-4-6-10-15;/h4-12H,13H2,1-3H3;1H/q+1;/p-1. The number of benzene rings is 2. The van der Waals surface area contributed by atoms with Crippen LogP contribution in [0.25, 0.3) is 0 Å². The quantitative estimate of drug-likeness (QED) is 0.578. The van der Waals surface area contributed by atoms with Crippen molar-refractivity contribution in [2.45, 2.75) is 6.54 Å². The van der Waals surface area contributed by atoms with E-state index in [1.54, 1.807) is 0 Å². The van der Waals surface area contributed by atoms with Crippen LogP contribution in [-0.4, -0.2) is 31.4 Å². The fraction of sp³-hybridized carbons (Fsp3) is 0.235. The van der Waals surface area contributed by atoms with Gasteiger partial charge in [-0.3, -0.25) is 4.79 Å². The Bertz CT molecular complexity index is 573. The molecule has 20 heavy (non-hydrogen) atoms. The predicted octanol–water partition coefficient (Wildman–Crippen LogP) is 0.128. The molecule has 106 valence electrons. The first-order chi connectivity index (χ1) is 8.96. The van der Waals surface area contributed by atoms with E-state index in [4.69, 9.17) is 0 Å². The molecule has 0 aromatic heterocycles. The average Bonchev–Trinajstić information content (AvgIpc) is 2.37. The molecule has 0 saturated carbocycles. The molecule has 0 radical (unpaired) electrons. The fourth-order valence-electron chi connectivity index (χ4n) is 2.11. The maximum atomic E-state index is 12.4. The minimum Gasteiger partial charge on any atom is -1.00 e. The fourth-order valence-corrected chi connectivity index (χ4v) is 2.11. The van der Waals surface area contributed by atoms with E-state index in [0.29, 0.717) is 0 Å². The summed E-state index contributed by atoms with van der Waals surface area (Å²) in [5, 5.41) is 0. The third-order valence-corrected chi connectivity index (χ3v) is 2.88. The third-order valence-electron chi connectivity index (χ3n) is 2.88. The second kappa shape index (κ2) is 6.69. The minimum absolute atomic E-state index is 0. The summed E-state index contributed by atoms with van der Waals surface area (Å²) in [5.74, 6) is 0.0869. The van der Waals surface area contributed by atoms with Gasteiger partial charge in [0.25, 0.3) is 0 Å². The summed E-state index contributed by atoms with van der Waals surface area (Å²) in [5.41, 5.74) is 2.69. The number of hydrogen-bond donors (Lipinski definition) is 0. The van der Waals surface area contributed by atoms with Crippen LogP contribution in [0.3, 0.4) is 0 Å². The zero-order valence-electron chi connectivity index (χ0n) is 12.1. The van der Waals surface area contributed by atoms with E-state index in [9.17, 15) is 4.79 Å². The van der Waals surface area contributed by atoms with Crippen molar-refractivity contribution < 1.29 is 21.7 Å². The minimum atomic E-state index is 0. The molecule has 0 amide bonds. The van der Waals surface area contributed by atoms with Gasteiger partial charge in [0.1, 0.15) is 6.54 Å². The zero-order valence-corrected chi connectivity index (χ0v) is 12.9. The first kappa shape index (κ1) is 16.4. The predicted molar refractivity (Wildman–Crippen MR) is 78.1 cm³/mol. The van der Waals surface area contributed by atoms with Gasteiger partial charge in [-0.25, -0.2) is 0 Å². The van der Waals surface area contributed by atoms with Crippen molar-refractivity contribution in [3.63, 3.8) is 0 Å². The Hall–Kier alpha value is -1.64. The van der Waals surface area contributed by atoms with E-state index >= 15 is 0 Å². The highest BCUT2D eigenvalue weighted by atomic mass is 35.5. The number of hydrogen-bond acceptors (Lipinski definition) is 1. The van der Waals surface area contributed by atoms with Crippen LogP contribution in [0, 0.1) is 0 Å². The van der Waals surface area contributed by atoms with Crippen LogP contribution in [0.1, 0.15) is 21.5 Å². The summed E-state index contributed by atoms with van der Waals surface area (Å²) in [6.07, 6.45) is 0. The molecule has 2 nitrogen and oxygen atoms in total. The Balaban J connectivity index is 0.00000200. The molecule has 0 heterocycles. The molecule has 2 aromatic carbocycles. The summed E-state index contributed by atoms with van der Waals surface area (Å²) >= 11 is 0. The van der Waals surface area contributed by atoms with Crippen molar-refractivity contribution in [1.29, 1.82) is 0 Å². The first-order valence-corrected chi connectivity index (χ1v) is 6.45. The van der Waals surface area contributed by atoms with E-state index < -0.39 is 0 Å². The van der Waals surface area contributed by atoms with Crippen LogP contribution < -0.4 is 12.4 Å². The lowest BCUT2D eigenvalue weighted by molar-refractivity contribution is -0.884. The molecule has 0 N–H and O–H groups in total. The van der Waals surface area contributed by atoms with Gasteiger partial charge in [0.2, 0.25) is 0 Å². The highest BCUT2D eigenvalue weighted by Crippen LogP contribution is 2.14. The lowest BCUT2D eigenvalue weighted by atomic mass is 10.0. The molecule has 0 aliphatic carbocycles. The maximum Gasteiger partial charge on any atom is 0.193 e. The summed E-state index contributed by atoms with van der Waals surface area (Å²) in [7, 11) is 6.43. The second-order valence-corrected chi connectivity index (χ2v) is 5.84. The van der Waals surface area contributed by atoms with Crippen LogP contribution in [-0.2, 0) is 6.54 Å². The number of carbonyl (C=O) groups excluding carboxylic acids is 1. The Morgan fingerprint density at radius 2 is 1.50 bits per heavy atom. The van der Waals surface area contributed by atoms with Crippen molar-refractivity contribution in [2.75, 3.05) is 21.1 Å². The number of carbonyl (C=O) groups is 1. The van der Waals surface area contributed by atoms with Gasteiger partial charge in [-0.1, -0.05) is 48.5 Å². The molecule has 0 fully saturated rings. The van der Waals surface area contributed by atoms with Gasteiger partial charge in [-0.15, -0.1) is 0 Å². The zero-order chi connectivity index (χ0) is 13.9. The van der Waals surface area contributed by atoms with Gasteiger partial charge < -0.3 is 16.9 Å². The normalized spacial score (nSPS) is 10.8. The number of nitrogens with zero attached hydrogens (tertiary/aromatic N) is 1. The van der Waals surface area contributed by atoms with Crippen molar-refractivity contribution in [3.8, 4) is 0 Å². The van der Waals surface area contributed by atoms with E-state index in [1.807, 2.05) is 48.5 Å².